The predicted molar refractivity (Wildman–Crippen MR) is 51.2 cm³/mol. The summed E-state index contributed by atoms with van der Waals surface area (Å²) < 4.78 is 41.0. The molecule has 1 rings (SSSR count). The van der Waals surface area contributed by atoms with Gasteiger partial charge in [0.1, 0.15) is 0 Å². The normalized spacial score (nSPS) is 13.9. The number of hydrogen-bond donors (Lipinski definition) is 1. The third-order valence-corrected chi connectivity index (χ3v) is 2.00. The summed E-state index contributed by atoms with van der Waals surface area (Å²) in [4.78, 5) is 0. The second kappa shape index (κ2) is 4.53. The fourth-order valence-electron chi connectivity index (χ4n) is 0.975. The lowest BCUT2D eigenvalue weighted by molar-refractivity contribution is -0.217. The van der Waals surface area contributed by atoms with Gasteiger partial charge in [0.15, 0.2) is 6.10 Å². The summed E-state index contributed by atoms with van der Waals surface area (Å²) in [6.45, 7) is 0.840. The molecule has 0 spiro atoms. The number of nitrogen functional groups attached to an aromatic ring is 1. The number of nitrogens with two attached hydrogens (primary N) is 1. The monoisotopic (exact) mass is 219 g/mol. The fourth-order valence-corrected chi connectivity index (χ4v) is 0.975. The van der Waals surface area contributed by atoms with E-state index in [1.165, 1.54) is 0 Å². The topological polar surface area (TPSA) is 35.2 Å². The molecule has 0 aliphatic rings. The standard InChI is InChI=1S/C10H12F3NO/c1-7(10(11,12)13)15-6-8-4-2-3-5-9(8)14/h2-5,7H,6,14H2,1H3. The Morgan fingerprint density at radius 1 is 1.33 bits per heavy atom. The highest BCUT2D eigenvalue weighted by Crippen LogP contribution is 2.24. The minimum atomic E-state index is -4.33. The predicted octanol–water partition coefficient (Wildman–Crippen LogP) is 2.74. The quantitative estimate of drug-likeness (QED) is 0.793. The van der Waals surface area contributed by atoms with Crippen LogP contribution in [0.15, 0.2) is 24.3 Å². The van der Waals surface area contributed by atoms with Crippen molar-refractivity contribution < 1.29 is 17.9 Å². The first-order chi connectivity index (χ1) is 6.91. The molecular weight excluding hydrogens is 207 g/mol. The van der Waals surface area contributed by atoms with E-state index in [2.05, 4.69) is 4.74 Å². The Hall–Kier alpha value is -1.23. The van der Waals surface area contributed by atoms with Crippen LogP contribution >= 0.6 is 0 Å². The molecule has 0 radical (unpaired) electrons. The van der Waals surface area contributed by atoms with Gasteiger partial charge < -0.3 is 10.5 Å². The zero-order valence-corrected chi connectivity index (χ0v) is 8.21. The van der Waals surface area contributed by atoms with Crippen molar-refractivity contribution in [2.24, 2.45) is 0 Å². The lowest BCUT2D eigenvalue weighted by Crippen LogP contribution is -2.28. The van der Waals surface area contributed by atoms with Gasteiger partial charge in [-0.3, -0.25) is 0 Å². The summed E-state index contributed by atoms with van der Waals surface area (Å²) in [5.41, 5.74) is 6.56. The van der Waals surface area contributed by atoms with Crippen LogP contribution in [0.3, 0.4) is 0 Å². The van der Waals surface area contributed by atoms with Gasteiger partial charge in [0.2, 0.25) is 0 Å². The Morgan fingerprint density at radius 3 is 2.47 bits per heavy atom. The van der Waals surface area contributed by atoms with Gasteiger partial charge in [0.25, 0.3) is 0 Å². The molecule has 5 heteroatoms. The molecule has 84 valence electrons. The molecule has 1 aromatic rings. The first-order valence-electron chi connectivity index (χ1n) is 4.43. The van der Waals surface area contributed by atoms with Crippen molar-refractivity contribution in [3.63, 3.8) is 0 Å². The number of halogens is 3. The molecule has 1 unspecified atom stereocenters. The van der Waals surface area contributed by atoms with Gasteiger partial charge in [-0.1, -0.05) is 18.2 Å². The largest absolute Gasteiger partial charge is 0.414 e. The van der Waals surface area contributed by atoms with Gasteiger partial charge in [-0.15, -0.1) is 0 Å². The molecular formula is C10H12F3NO. The number of anilines is 1. The van der Waals surface area contributed by atoms with Crippen molar-refractivity contribution >= 4 is 5.69 Å². The van der Waals surface area contributed by atoms with Crippen LogP contribution in [0.1, 0.15) is 12.5 Å². The van der Waals surface area contributed by atoms with Crippen molar-refractivity contribution in [2.75, 3.05) is 5.73 Å². The molecule has 0 amide bonds. The molecule has 1 aromatic carbocycles. The van der Waals surface area contributed by atoms with Crippen molar-refractivity contribution in [2.45, 2.75) is 25.8 Å². The molecule has 0 saturated heterocycles. The van der Waals surface area contributed by atoms with Crippen LogP contribution in [-0.2, 0) is 11.3 Å². The molecule has 0 fully saturated rings. The highest BCUT2D eigenvalue weighted by Gasteiger charge is 2.36. The highest BCUT2D eigenvalue weighted by molar-refractivity contribution is 5.45. The molecule has 0 aliphatic heterocycles. The molecule has 0 heterocycles. The van der Waals surface area contributed by atoms with E-state index in [9.17, 15) is 13.2 Å². The molecule has 0 aromatic heterocycles. The van der Waals surface area contributed by atoms with Gasteiger partial charge in [0, 0.05) is 11.3 Å². The SMILES string of the molecule is CC(OCc1ccccc1N)C(F)(F)F. The molecule has 2 nitrogen and oxygen atoms in total. The fraction of sp³-hybridized carbons (Fsp3) is 0.400. The zero-order chi connectivity index (χ0) is 11.5. The maximum atomic E-state index is 12.1. The molecule has 2 N–H and O–H groups in total. The number of hydrogen-bond acceptors (Lipinski definition) is 2. The van der Waals surface area contributed by atoms with E-state index in [1.54, 1.807) is 24.3 Å². The van der Waals surface area contributed by atoms with Crippen LogP contribution in [0.2, 0.25) is 0 Å². The summed E-state index contributed by atoms with van der Waals surface area (Å²) in [6, 6.07) is 6.68. The smallest absolute Gasteiger partial charge is 0.398 e. The van der Waals surface area contributed by atoms with Gasteiger partial charge in [-0.2, -0.15) is 13.2 Å². The first kappa shape index (κ1) is 11.8. The average Bonchev–Trinajstić information content (AvgIpc) is 2.14. The van der Waals surface area contributed by atoms with Crippen molar-refractivity contribution in [3.05, 3.63) is 29.8 Å². The van der Waals surface area contributed by atoms with Gasteiger partial charge in [-0.05, 0) is 13.0 Å². The van der Waals surface area contributed by atoms with Gasteiger partial charge >= 0.3 is 6.18 Å². The number of benzene rings is 1. The van der Waals surface area contributed by atoms with E-state index in [-0.39, 0.29) is 6.61 Å². The van der Waals surface area contributed by atoms with Gasteiger partial charge in [-0.25, -0.2) is 0 Å². The second-order valence-corrected chi connectivity index (χ2v) is 3.19. The van der Waals surface area contributed by atoms with Crippen LogP contribution in [0.4, 0.5) is 18.9 Å². The third-order valence-electron chi connectivity index (χ3n) is 2.00. The zero-order valence-electron chi connectivity index (χ0n) is 8.21. The maximum Gasteiger partial charge on any atom is 0.414 e. The third kappa shape index (κ3) is 3.43. The lowest BCUT2D eigenvalue weighted by atomic mass is 10.2. The molecule has 15 heavy (non-hydrogen) atoms. The Kier molecular flexibility index (Phi) is 3.57. The van der Waals surface area contributed by atoms with E-state index >= 15 is 0 Å². The minimum Gasteiger partial charge on any atom is -0.398 e. The average molecular weight is 219 g/mol. The summed E-state index contributed by atoms with van der Waals surface area (Å²) in [5, 5.41) is 0. The Morgan fingerprint density at radius 2 is 1.93 bits per heavy atom. The Balaban J connectivity index is 2.55. The van der Waals surface area contributed by atoms with Gasteiger partial charge in [0.05, 0.1) is 6.61 Å². The minimum absolute atomic E-state index is 0.132. The van der Waals surface area contributed by atoms with Crippen LogP contribution in [-0.4, -0.2) is 12.3 Å². The van der Waals surface area contributed by atoms with Crippen LogP contribution in [0.25, 0.3) is 0 Å². The molecule has 0 bridgehead atoms. The van der Waals surface area contributed by atoms with Crippen LogP contribution < -0.4 is 5.73 Å². The van der Waals surface area contributed by atoms with Crippen LogP contribution in [0.5, 0.6) is 0 Å². The summed E-state index contributed by atoms with van der Waals surface area (Å²) >= 11 is 0. The van der Waals surface area contributed by atoms with E-state index in [0.29, 0.717) is 11.3 Å². The number of alkyl halides is 3. The van der Waals surface area contributed by atoms with Crippen molar-refractivity contribution in [3.8, 4) is 0 Å². The van der Waals surface area contributed by atoms with Crippen molar-refractivity contribution in [1.82, 2.24) is 0 Å². The summed E-state index contributed by atoms with van der Waals surface area (Å²) in [5.74, 6) is 0. The number of para-hydroxylation sites is 1. The van der Waals surface area contributed by atoms with E-state index in [0.717, 1.165) is 6.92 Å². The number of rotatable bonds is 3. The van der Waals surface area contributed by atoms with Crippen LogP contribution in [0, 0.1) is 0 Å². The summed E-state index contributed by atoms with van der Waals surface area (Å²) in [6.07, 6.45) is -6.11. The molecule has 0 aliphatic carbocycles. The highest BCUT2D eigenvalue weighted by atomic mass is 19.4. The summed E-state index contributed by atoms with van der Waals surface area (Å²) in [7, 11) is 0. The first-order valence-corrected chi connectivity index (χ1v) is 4.43. The number of ether oxygens (including phenoxy) is 1. The lowest BCUT2D eigenvalue weighted by Gasteiger charge is -2.16. The molecule has 0 saturated carbocycles. The molecule has 1 atom stereocenters. The van der Waals surface area contributed by atoms with E-state index in [1.807, 2.05) is 0 Å². The maximum absolute atomic E-state index is 12.1. The van der Waals surface area contributed by atoms with E-state index in [4.69, 9.17) is 5.73 Å². The van der Waals surface area contributed by atoms with E-state index < -0.39 is 12.3 Å². The Bertz CT molecular complexity index is 325. The van der Waals surface area contributed by atoms with Crippen molar-refractivity contribution in [1.29, 1.82) is 0 Å². The second-order valence-electron chi connectivity index (χ2n) is 3.19. The Labute approximate surface area is 85.8 Å².